The van der Waals surface area contributed by atoms with Gasteiger partial charge in [-0.25, -0.2) is 0 Å². The van der Waals surface area contributed by atoms with Crippen LogP contribution in [-0.2, 0) is 4.79 Å². The lowest BCUT2D eigenvalue weighted by atomic mass is 9.97. The molecule has 0 saturated carbocycles. The van der Waals surface area contributed by atoms with E-state index in [2.05, 4.69) is 52.4 Å². The van der Waals surface area contributed by atoms with E-state index >= 15 is 0 Å². The normalized spacial score (nSPS) is 19.8. The average Bonchev–Trinajstić information content (AvgIpc) is 2.69. The molecule has 1 N–H and O–H groups in total. The van der Waals surface area contributed by atoms with Crippen molar-refractivity contribution < 1.29 is 4.79 Å². The van der Waals surface area contributed by atoms with Gasteiger partial charge >= 0.3 is 0 Å². The molecule has 0 spiro atoms. The van der Waals surface area contributed by atoms with Crippen LogP contribution < -0.4 is 10.2 Å². The van der Waals surface area contributed by atoms with Crippen molar-refractivity contribution in [2.24, 2.45) is 0 Å². The SMILES string of the molecule is Cc1ccccc1N1CCN([C@H](C)C(=O)NCCC2=CCCCC2)CC1. The molecule has 0 unspecified atom stereocenters. The number of carbonyl (C=O) groups excluding carboxylic acids is 1. The van der Waals surface area contributed by atoms with Crippen LogP contribution >= 0.6 is 0 Å². The smallest absolute Gasteiger partial charge is 0.237 e. The van der Waals surface area contributed by atoms with Gasteiger partial charge in [-0.15, -0.1) is 0 Å². The first kappa shape index (κ1) is 19.0. The van der Waals surface area contributed by atoms with E-state index < -0.39 is 0 Å². The van der Waals surface area contributed by atoms with Crippen LogP contribution in [0.15, 0.2) is 35.9 Å². The molecule has 1 saturated heterocycles. The maximum absolute atomic E-state index is 12.5. The van der Waals surface area contributed by atoms with Gasteiger partial charge in [0.1, 0.15) is 0 Å². The van der Waals surface area contributed by atoms with Crippen LogP contribution in [0.25, 0.3) is 0 Å². The lowest BCUT2D eigenvalue weighted by molar-refractivity contribution is -0.125. The third-order valence-corrected chi connectivity index (χ3v) is 5.83. The third kappa shape index (κ3) is 4.88. The lowest BCUT2D eigenvalue weighted by Crippen LogP contribution is -2.54. The predicted molar refractivity (Wildman–Crippen MR) is 109 cm³/mol. The highest BCUT2D eigenvalue weighted by Crippen LogP contribution is 2.22. The molecule has 1 aromatic rings. The summed E-state index contributed by atoms with van der Waals surface area (Å²) in [6, 6.07) is 8.51. The molecule has 0 aromatic heterocycles. The number of nitrogens with zero attached hydrogens (tertiary/aromatic N) is 2. The van der Waals surface area contributed by atoms with Gasteiger partial charge in [-0.3, -0.25) is 9.69 Å². The Kier molecular flexibility index (Phi) is 6.73. The van der Waals surface area contributed by atoms with Crippen molar-refractivity contribution >= 4 is 11.6 Å². The Morgan fingerprint density at radius 2 is 1.92 bits per heavy atom. The van der Waals surface area contributed by atoms with Crippen LogP contribution in [-0.4, -0.2) is 49.6 Å². The molecule has 3 rings (SSSR count). The summed E-state index contributed by atoms with van der Waals surface area (Å²) >= 11 is 0. The van der Waals surface area contributed by atoms with Gasteiger partial charge in [0.15, 0.2) is 0 Å². The number of aryl methyl sites for hydroxylation is 1. The average molecular weight is 356 g/mol. The molecule has 4 nitrogen and oxygen atoms in total. The van der Waals surface area contributed by atoms with Gasteiger partial charge in [-0.05, 0) is 57.6 Å². The second-order valence-electron chi connectivity index (χ2n) is 7.63. The largest absolute Gasteiger partial charge is 0.369 e. The van der Waals surface area contributed by atoms with Gasteiger partial charge < -0.3 is 10.2 Å². The van der Waals surface area contributed by atoms with Crippen LogP contribution in [0, 0.1) is 6.92 Å². The Labute approximate surface area is 158 Å². The zero-order valence-electron chi connectivity index (χ0n) is 16.3. The second kappa shape index (κ2) is 9.22. The van der Waals surface area contributed by atoms with Crippen LogP contribution in [0.3, 0.4) is 0 Å². The number of rotatable bonds is 6. The Balaban J connectivity index is 1.42. The first-order chi connectivity index (χ1) is 12.6. The number of allylic oxidation sites excluding steroid dienone is 1. The number of piperazine rings is 1. The Morgan fingerprint density at radius 1 is 1.15 bits per heavy atom. The van der Waals surface area contributed by atoms with Crippen LogP contribution in [0.5, 0.6) is 0 Å². The molecule has 1 aliphatic carbocycles. The van der Waals surface area contributed by atoms with Crippen molar-refractivity contribution in [1.82, 2.24) is 10.2 Å². The van der Waals surface area contributed by atoms with Gasteiger partial charge in [0.05, 0.1) is 6.04 Å². The number of hydrogen-bond donors (Lipinski definition) is 1. The number of para-hydroxylation sites is 1. The molecular weight excluding hydrogens is 322 g/mol. The summed E-state index contributed by atoms with van der Waals surface area (Å²) < 4.78 is 0. The highest BCUT2D eigenvalue weighted by Gasteiger charge is 2.25. The predicted octanol–water partition coefficient (Wildman–Crippen LogP) is 3.51. The fraction of sp³-hybridized carbons (Fsp3) is 0.591. The summed E-state index contributed by atoms with van der Waals surface area (Å²) in [5.41, 5.74) is 4.17. The van der Waals surface area contributed by atoms with E-state index in [0.29, 0.717) is 0 Å². The fourth-order valence-electron chi connectivity index (χ4n) is 4.06. The highest BCUT2D eigenvalue weighted by atomic mass is 16.2. The number of carbonyl (C=O) groups is 1. The van der Waals surface area contributed by atoms with E-state index in [1.54, 1.807) is 0 Å². The van der Waals surface area contributed by atoms with Crippen LogP contribution in [0.1, 0.15) is 44.6 Å². The summed E-state index contributed by atoms with van der Waals surface area (Å²) in [5, 5.41) is 3.14. The highest BCUT2D eigenvalue weighted by molar-refractivity contribution is 5.81. The first-order valence-electron chi connectivity index (χ1n) is 10.2. The number of anilines is 1. The monoisotopic (exact) mass is 355 g/mol. The first-order valence-corrected chi connectivity index (χ1v) is 10.2. The molecular formula is C22H33N3O. The van der Waals surface area contributed by atoms with E-state index in [-0.39, 0.29) is 11.9 Å². The molecule has 1 aromatic carbocycles. The minimum absolute atomic E-state index is 0.0469. The summed E-state index contributed by atoms with van der Waals surface area (Å²) in [4.78, 5) is 17.2. The number of nitrogens with one attached hydrogen (secondary N) is 1. The Hall–Kier alpha value is -1.81. The maximum atomic E-state index is 12.5. The van der Waals surface area contributed by atoms with Crippen molar-refractivity contribution in [2.75, 3.05) is 37.6 Å². The van der Waals surface area contributed by atoms with Gasteiger partial charge in [-0.2, -0.15) is 0 Å². The molecule has 1 amide bonds. The molecule has 0 bridgehead atoms. The lowest BCUT2D eigenvalue weighted by Gasteiger charge is -2.39. The topological polar surface area (TPSA) is 35.6 Å². The zero-order chi connectivity index (χ0) is 18.4. The summed E-state index contributed by atoms with van der Waals surface area (Å²) in [6.45, 7) is 8.82. The third-order valence-electron chi connectivity index (χ3n) is 5.83. The molecule has 1 heterocycles. The second-order valence-corrected chi connectivity index (χ2v) is 7.63. The molecule has 4 heteroatoms. The van der Waals surface area contributed by atoms with Crippen molar-refractivity contribution in [3.8, 4) is 0 Å². The molecule has 0 radical (unpaired) electrons. The zero-order valence-corrected chi connectivity index (χ0v) is 16.3. The molecule has 1 atom stereocenters. The van der Waals surface area contributed by atoms with Crippen LogP contribution in [0.2, 0.25) is 0 Å². The van der Waals surface area contributed by atoms with E-state index in [4.69, 9.17) is 0 Å². The quantitative estimate of drug-likeness (QED) is 0.793. The van der Waals surface area contributed by atoms with Crippen LogP contribution in [0.4, 0.5) is 5.69 Å². The van der Waals surface area contributed by atoms with Crippen molar-refractivity contribution in [3.05, 3.63) is 41.5 Å². The minimum atomic E-state index is -0.0469. The van der Waals surface area contributed by atoms with Gasteiger partial charge in [0.2, 0.25) is 5.91 Å². The number of amides is 1. The minimum Gasteiger partial charge on any atom is -0.369 e. The van der Waals surface area contributed by atoms with E-state index in [1.165, 1.54) is 42.5 Å². The standard InChI is InChI=1S/C22H33N3O/c1-18-8-6-7-11-21(18)25-16-14-24(15-17-25)19(2)22(26)23-13-12-20-9-4-3-5-10-20/h6-9,11,19H,3-5,10,12-17H2,1-2H3,(H,23,26)/t19-/m1/s1. The summed E-state index contributed by atoms with van der Waals surface area (Å²) in [7, 11) is 0. The number of hydrogen-bond acceptors (Lipinski definition) is 3. The fourth-order valence-corrected chi connectivity index (χ4v) is 4.06. The molecule has 26 heavy (non-hydrogen) atoms. The number of benzene rings is 1. The maximum Gasteiger partial charge on any atom is 0.237 e. The summed E-state index contributed by atoms with van der Waals surface area (Å²) in [6.07, 6.45) is 8.43. The van der Waals surface area contributed by atoms with E-state index in [0.717, 1.165) is 39.1 Å². The van der Waals surface area contributed by atoms with Crippen molar-refractivity contribution in [3.63, 3.8) is 0 Å². The Morgan fingerprint density at radius 3 is 2.62 bits per heavy atom. The van der Waals surface area contributed by atoms with Crippen molar-refractivity contribution in [1.29, 1.82) is 0 Å². The summed E-state index contributed by atoms with van der Waals surface area (Å²) in [5.74, 6) is 0.172. The van der Waals surface area contributed by atoms with Crippen molar-refractivity contribution in [2.45, 2.75) is 52.0 Å². The molecule has 2 aliphatic rings. The molecule has 142 valence electrons. The molecule has 1 aliphatic heterocycles. The van der Waals surface area contributed by atoms with Gasteiger partial charge in [0, 0.05) is 38.4 Å². The van der Waals surface area contributed by atoms with E-state index in [9.17, 15) is 4.79 Å². The van der Waals surface area contributed by atoms with Gasteiger partial charge in [0.25, 0.3) is 0 Å². The molecule has 1 fully saturated rings. The van der Waals surface area contributed by atoms with E-state index in [1.807, 2.05) is 6.92 Å². The Bertz CT molecular complexity index is 632. The van der Waals surface area contributed by atoms with Gasteiger partial charge in [-0.1, -0.05) is 29.8 Å².